The minimum Gasteiger partial charge on any atom is -0.386 e. The first-order valence-corrected chi connectivity index (χ1v) is 3.13. The second-order valence-electron chi connectivity index (χ2n) is 2.46. The van der Waals surface area contributed by atoms with Crippen LogP contribution in [0.25, 0.3) is 0 Å². The molecule has 1 fully saturated rings. The Labute approximate surface area is 50.0 Å². The molecule has 0 unspecified atom stereocenters. The molecular formula is C7H12O. The van der Waals surface area contributed by atoms with Crippen LogP contribution >= 0.6 is 0 Å². The quantitative estimate of drug-likeness (QED) is 0.509. The van der Waals surface area contributed by atoms with Gasteiger partial charge in [-0.25, -0.2) is 0 Å². The average molecular weight is 112 g/mol. The number of rotatable bonds is 1. The molecule has 0 heterocycles. The summed E-state index contributed by atoms with van der Waals surface area (Å²) in [5, 5.41) is 9.32. The predicted molar refractivity (Wildman–Crippen MR) is 33.6 cm³/mol. The second kappa shape index (κ2) is 1.90. The molecule has 0 bridgehead atoms. The summed E-state index contributed by atoms with van der Waals surface area (Å²) in [6.07, 6.45) is 6.89. The van der Waals surface area contributed by atoms with Gasteiger partial charge in [0.1, 0.15) is 0 Å². The van der Waals surface area contributed by atoms with Crippen molar-refractivity contribution in [2.75, 3.05) is 0 Å². The van der Waals surface area contributed by atoms with Gasteiger partial charge in [-0.1, -0.05) is 12.2 Å². The molecule has 0 aromatic carbocycles. The average Bonchev–Trinajstić information content (AvgIpc) is 1.64. The molecule has 0 atom stereocenters. The van der Waals surface area contributed by atoms with Crippen LogP contribution in [-0.4, -0.2) is 10.7 Å². The maximum atomic E-state index is 9.32. The van der Waals surface area contributed by atoms with Crippen LogP contribution in [0, 0.1) is 0 Å². The van der Waals surface area contributed by atoms with Gasteiger partial charge in [-0.15, -0.1) is 0 Å². The van der Waals surface area contributed by atoms with Crippen molar-refractivity contribution in [3.8, 4) is 0 Å². The van der Waals surface area contributed by atoms with E-state index in [1.54, 1.807) is 0 Å². The fraction of sp³-hybridized carbons (Fsp3) is 0.714. The van der Waals surface area contributed by atoms with Gasteiger partial charge < -0.3 is 5.11 Å². The largest absolute Gasteiger partial charge is 0.386 e. The highest BCUT2D eigenvalue weighted by Crippen LogP contribution is 2.32. The van der Waals surface area contributed by atoms with E-state index in [4.69, 9.17) is 0 Å². The summed E-state index contributed by atoms with van der Waals surface area (Å²) >= 11 is 0. The van der Waals surface area contributed by atoms with Crippen molar-refractivity contribution < 1.29 is 5.11 Å². The SMILES string of the molecule is CC=CC1(O)CCC1. The second-order valence-corrected chi connectivity index (χ2v) is 2.46. The third kappa shape index (κ3) is 0.920. The third-order valence-corrected chi connectivity index (χ3v) is 1.70. The van der Waals surface area contributed by atoms with Gasteiger partial charge in [0.15, 0.2) is 0 Å². The molecule has 1 saturated carbocycles. The van der Waals surface area contributed by atoms with Crippen LogP contribution in [-0.2, 0) is 0 Å². The topological polar surface area (TPSA) is 20.2 Å². The number of allylic oxidation sites excluding steroid dienone is 1. The molecule has 1 nitrogen and oxygen atoms in total. The number of aliphatic hydroxyl groups is 1. The highest BCUT2D eigenvalue weighted by atomic mass is 16.3. The first kappa shape index (κ1) is 5.83. The lowest BCUT2D eigenvalue weighted by Gasteiger charge is -2.33. The van der Waals surface area contributed by atoms with E-state index in [0.29, 0.717) is 0 Å². The van der Waals surface area contributed by atoms with Gasteiger partial charge >= 0.3 is 0 Å². The van der Waals surface area contributed by atoms with Crippen molar-refractivity contribution in [3.05, 3.63) is 12.2 Å². The summed E-state index contributed by atoms with van der Waals surface area (Å²) in [6, 6.07) is 0. The molecule has 0 amide bonds. The third-order valence-electron chi connectivity index (χ3n) is 1.70. The van der Waals surface area contributed by atoms with Crippen LogP contribution in [0.15, 0.2) is 12.2 Å². The zero-order chi connectivity index (χ0) is 6.04. The van der Waals surface area contributed by atoms with Gasteiger partial charge in [0.25, 0.3) is 0 Å². The Morgan fingerprint density at radius 2 is 2.12 bits per heavy atom. The van der Waals surface area contributed by atoms with Gasteiger partial charge in [0.05, 0.1) is 5.60 Å². The summed E-state index contributed by atoms with van der Waals surface area (Å²) in [4.78, 5) is 0. The molecule has 0 aromatic heterocycles. The highest BCUT2D eigenvalue weighted by molar-refractivity contribution is 5.04. The lowest BCUT2D eigenvalue weighted by Crippen LogP contribution is -2.33. The van der Waals surface area contributed by atoms with Crippen LogP contribution in [0.3, 0.4) is 0 Å². The maximum absolute atomic E-state index is 9.32. The van der Waals surface area contributed by atoms with E-state index in [1.165, 1.54) is 6.42 Å². The summed E-state index contributed by atoms with van der Waals surface area (Å²) in [6.45, 7) is 1.94. The molecule has 0 aliphatic heterocycles. The first-order valence-electron chi connectivity index (χ1n) is 3.13. The van der Waals surface area contributed by atoms with E-state index in [1.807, 2.05) is 19.1 Å². The fourth-order valence-corrected chi connectivity index (χ4v) is 1.02. The summed E-state index contributed by atoms with van der Waals surface area (Å²) in [5.41, 5.74) is -0.408. The molecule has 1 rings (SSSR count). The van der Waals surface area contributed by atoms with E-state index >= 15 is 0 Å². The van der Waals surface area contributed by atoms with Crippen LogP contribution in [0.5, 0.6) is 0 Å². The van der Waals surface area contributed by atoms with E-state index in [-0.39, 0.29) is 0 Å². The smallest absolute Gasteiger partial charge is 0.0827 e. The molecule has 0 spiro atoms. The Kier molecular flexibility index (Phi) is 1.39. The molecule has 0 saturated heterocycles. The van der Waals surface area contributed by atoms with Crippen LogP contribution in [0.4, 0.5) is 0 Å². The Balaban J connectivity index is 2.41. The lowest BCUT2D eigenvalue weighted by molar-refractivity contribution is 0.0141. The Bertz CT molecular complexity index is 101. The molecular weight excluding hydrogens is 100 g/mol. The lowest BCUT2D eigenvalue weighted by atomic mass is 9.80. The summed E-state index contributed by atoms with van der Waals surface area (Å²) < 4.78 is 0. The number of hydrogen-bond acceptors (Lipinski definition) is 1. The molecule has 1 aliphatic carbocycles. The molecule has 8 heavy (non-hydrogen) atoms. The van der Waals surface area contributed by atoms with Crippen molar-refractivity contribution in [2.24, 2.45) is 0 Å². The van der Waals surface area contributed by atoms with E-state index < -0.39 is 5.60 Å². The van der Waals surface area contributed by atoms with E-state index in [0.717, 1.165) is 12.8 Å². The molecule has 46 valence electrons. The minimum atomic E-state index is -0.408. The Hall–Kier alpha value is -0.300. The predicted octanol–water partition coefficient (Wildman–Crippen LogP) is 1.48. The Morgan fingerprint density at radius 1 is 1.50 bits per heavy atom. The van der Waals surface area contributed by atoms with Crippen molar-refractivity contribution >= 4 is 0 Å². The van der Waals surface area contributed by atoms with Gasteiger partial charge in [-0.3, -0.25) is 0 Å². The first-order chi connectivity index (χ1) is 3.77. The standard InChI is InChI=1S/C7H12O/c1-2-4-7(8)5-3-6-7/h2,4,8H,3,5-6H2,1H3. The van der Waals surface area contributed by atoms with Crippen molar-refractivity contribution in [3.63, 3.8) is 0 Å². The van der Waals surface area contributed by atoms with Crippen LogP contribution in [0.1, 0.15) is 26.2 Å². The molecule has 0 aromatic rings. The molecule has 1 aliphatic rings. The zero-order valence-electron chi connectivity index (χ0n) is 5.22. The van der Waals surface area contributed by atoms with Crippen LogP contribution in [0.2, 0.25) is 0 Å². The van der Waals surface area contributed by atoms with Gasteiger partial charge in [0.2, 0.25) is 0 Å². The molecule has 1 heteroatoms. The summed E-state index contributed by atoms with van der Waals surface area (Å²) in [7, 11) is 0. The minimum absolute atomic E-state index is 0.408. The molecule has 0 radical (unpaired) electrons. The van der Waals surface area contributed by atoms with E-state index in [9.17, 15) is 5.11 Å². The molecule has 1 N–H and O–H groups in total. The maximum Gasteiger partial charge on any atom is 0.0827 e. The summed E-state index contributed by atoms with van der Waals surface area (Å²) in [5.74, 6) is 0. The Morgan fingerprint density at radius 3 is 2.25 bits per heavy atom. The van der Waals surface area contributed by atoms with E-state index in [2.05, 4.69) is 0 Å². The fourth-order valence-electron chi connectivity index (χ4n) is 1.02. The highest BCUT2D eigenvalue weighted by Gasteiger charge is 2.30. The zero-order valence-corrected chi connectivity index (χ0v) is 5.22. The van der Waals surface area contributed by atoms with Crippen molar-refractivity contribution in [1.29, 1.82) is 0 Å². The van der Waals surface area contributed by atoms with Gasteiger partial charge in [0, 0.05) is 0 Å². The van der Waals surface area contributed by atoms with Gasteiger partial charge in [-0.05, 0) is 26.2 Å². The van der Waals surface area contributed by atoms with Crippen LogP contribution < -0.4 is 0 Å². The van der Waals surface area contributed by atoms with Crippen molar-refractivity contribution in [2.45, 2.75) is 31.8 Å². The monoisotopic (exact) mass is 112 g/mol. The van der Waals surface area contributed by atoms with Gasteiger partial charge in [-0.2, -0.15) is 0 Å². The normalized spacial score (nSPS) is 25.8. The van der Waals surface area contributed by atoms with Crippen molar-refractivity contribution in [1.82, 2.24) is 0 Å². The number of hydrogen-bond donors (Lipinski definition) is 1.